The number of hydrogen-bond acceptors (Lipinski definition) is 6. The van der Waals surface area contributed by atoms with Crippen LogP contribution in [0.1, 0.15) is 16.6 Å². The van der Waals surface area contributed by atoms with Crippen LogP contribution in [-0.2, 0) is 4.74 Å². The Labute approximate surface area is 130 Å². The van der Waals surface area contributed by atoms with E-state index in [2.05, 4.69) is 4.98 Å². The summed E-state index contributed by atoms with van der Waals surface area (Å²) in [5.74, 6) is -0.0374. The molecule has 2 atom stereocenters. The lowest BCUT2D eigenvalue weighted by Crippen LogP contribution is -2.51. The number of ether oxygens (including phenoxy) is 1. The lowest BCUT2D eigenvalue weighted by atomic mass is 10.2. The van der Waals surface area contributed by atoms with E-state index in [4.69, 9.17) is 4.74 Å². The molecule has 0 aromatic carbocycles. The van der Waals surface area contributed by atoms with E-state index in [1.54, 1.807) is 22.4 Å². The molecule has 2 aromatic heterocycles. The number of thiophene rings is 1. The van der Waals surface area contributed by atoms with Gasteiger partial charge in [0.15, 0.2) is 0 Å². The summed E-state index contributed by atoms with van der Waals surface area (Å²) < 4.78 is 5.47. The third-order valence-corrected chi connectivity index (χ3v) is 5.44. The van der Waals surface area contributed by atoms with E-state index in [1.165, 1.54) is 11.3 Å². The number of amides is 1. The summed E-state index contributed by atoms with van der Waals surface area (Å²) >= 11 is 3.02. The van der Waals surface area contributed by atoms with Gasteiger partial charge in [-0.2, -0.15) is 0 Å². The van der Waals surface area contributed by atoms with Gasteiger partial charge in [0.2, 0.25) is 0 Å². The van der Waals surface area contributed by atoms with Crippen molar-refractivity contribution >= 4 is 28.6 Å². The topological polar surface area (TPSA) is 62.7 Å². The molecule has 0 bridgehead atoms. The van der Waals surface area contributed by atoms with Gasteiger partial charge in [0.25, 0.3) is 5.91 Å². The van der Waals surface area contributed by atoms with Crippen LogP contribution >= 0.6 is 22.7 Å². The maximum absolute atomic E-state index is 12.6. The zero-order chi connectivity index (χ0) is 14.8. The van der Waals surface area contributed by atoms with Gasteiger partial charge in [-0.25, -0.2) is 4.98 Å². The molecule has 1 amide bonds. The summed E-state index contributed by atoms with van der Waals surface area (Å²) in [5.41, 5.74) is 0. The van der Waals surface area contributed by atoms with Crippen LogP contribution in [0.2, 0.25) is 0 Å². The summed E-state index contributed by atoms with van der Waals surface area (Å²) in [7, 11) is 0. The standard InChI is InChI=1S/C14H16N2O3S2/c1-9-8-19-10(7-17)6-16(9)14(18)12-5-15-13(21-12)11-3-2-4-20-11/h2-5,9-10,17H,6-8H2,1H3. The molecular formula is C14H16N2O3S2. The number of thiazole rings is 1. The molecule has 2 unspecified atom stereocenters. The molecule has 1 aliphatic rings. The zero-order valence-electron chi connectivity index (χ0n) is 11.6. The average molecular weight is 324 g/mol. The SMILES string of the molecule is CC1COC(CO)CN1C(=O)c1cnc(-c2cccs2)s1. The first-order chi connectivity index (χ1) is 10.2. The number of rotatable bonds is 3. The normalized spacial score (nSPS) is 22.5. The maximum Gasteiger partial charge on any atom is 0.266 e. The van der Waals surface area contributed by atoms with Crippen LogP contribution < -0.4 is 0 Å². The molecule has 5 nitrogen and oxygen atoms in total. The van der Waals surface area contributed by atoms with E-state index in [0.29, 0.717) is 18.0 Å². The fraction of sp³-hybridized carbons (Fsp3) is 0.429. The van der Waals surface area contributed by atoms with Crippen LogP contribution in [0.15, 0.2) is 23.7 Å². The van der Waals surface area contributed by atoms with Crippen molar-refractivity contribution in [2.75, 3.05) is 19.8 Å². The van der Waals surface area contributed by atoms with Crippen LogP contribution in [0.4, 0.5) is 0 Å². The Balaban J connectivity index is 1.78. The lowest BCUT2D eigenvalue weighted by Gasteiger charge is -2.37. The Bertz CT molecular complexity index is 612. The van der Waals surface area contributed by atoms with Gasteiger partial charge in [0, 0.05) is 6.54 Å². The van der Waals surface area contributed by atoms with Gasteiger partial charge in [0.05, 0.1) is 36.4 Å². The number of carbonyl (C=O) groups is 1. The summed E-state index contributed by atoms with van der Waals surface area (Å²) in [6.07, 6.45) is 1.34. The van der Waals surface area contributed by atoms with Gasteiger partial charge < -0.3 is 14.7 Å². The van der Waals surface area contributed by atoms with Gasteiger partial charge in [-0.15, -0.1) is 22.7 Å². The van der Waals surface area contributed by atoms with Gasteiger partial charge >= 0.3 is 0 Å². The number of aliphatic hydroxyl groups is 1. The molecule has 1 saturated heterocycles. The average Bonchev–Trinajstić information content (AvgIpc) is 3.18. The number of carbonyl (C=O) groups excluding carboxylic acids is 1. The van der Waals surface area contributed by atoms with Gasteiger partial charge in [-0.05, 0) is 18.4 Å². The first-order valence-corrected chi connectivity index (χ1v) is 8.41. The molecule has 1 N–H and O–H groups in total. The Morgan fingerprint density at radius 2 is 2.48 bits per heavy atom. The van der Waals surface area contributed by atoms with Crippen LogP contribution in [0.25, 0.3) is 9.88 Å². The summed E-state index contributed by atoms with van der Waals surface area (Å²) in [6.45, 7) is 2.75. The van der Waals surface area contributed by atoms with Crippen molar-refractivity contribution in [1.29, 1.82) is 0 Å². The van der Waals surface area contributed by atoms with E-state index in [-0.39, 0.29) is 24.7 Å². The molecule has 0 aliphatic carbocycles. The highest BCUT2D eigenvalue weighted by Gasteiger charge is 2.30. The molecule has 0 spiro atoms. The monoisotopic (exact) mass is 324 g/mol. The molecule has 0 saturated carbocycles. The number of nitrogens with zero attached hydrogens (tertiary/aromatic N) is 2. The molecule has 21 heavy (non-hydrogen) atoms. The number of morpholine rings is 1. The van der Waals surface area contributed by atoms with Crippen LogP contribution in [-0.4, -0.2) is 52.8 Å². The quantitative estimate of drug-likeness (QED) is 0.939. The van der Waals surface area contributed by atoms with Gasteiger partial charge in [-0.1, -0.05) is 6.07 Å². The maximum atomic E-state index is 12.6. The van der Waals surface area contributed by atoms with Crippen molar-refractivity contribution in [3.63, 3.8) is 0 Å². The van der Waals surface area contributed by atoms with Crippen molar-refractivity contribution in [2.24, 2.45) is 0 Å². The Morgan fingerprint density at radius 3 is 3.19 bits per heavy atom. The van der Waals surface area contributed by atoms with Gasteiger partial charge in [0.1, 0.15) is 9.88 Å². The van der Waals surface area contributed by atoms with E-state index >= 15 is 0 Å². The molecule has 112 valence electrons. The molecule has 7 heteroatoms. The lowest BCUT2D eigenvalue weighted by molar-refractivity contribution is -0.0666. The predicted octanol–water partition coefficient (Wildman–Crippen LogP) is 2.09. The first kappa shape index (κ1) is 14.6. The number of aliphatic hydroxyl groups excluding tert-OH is 1. The number of aromatic nitrogens is 1. The minimum atomic E-state index is -0.296. The highest BCUT2D eigenvalue weighted by atomic mass is 32.1. The number of hydrogen-bond donors (Lipinski definition) is 1. The molecular weight excluding hydrogens is 308 g/mol. The van der Waals surface area contributed by atoms with Crippen LogP contribution in [0, 0.1) is 0 Å². The first-order valence-electron chi connectivity index (χ1n) is 6.72. The Kier molecular flexibility index (Phi) is 4.34. The van der Waals surface area contributed by atoms with Gasteiger partial charge in [-0.3, -0.25) is 4.79 Å². The van der Waals surface area contributed by atoms with E-state index in [1.807, 2.05) is 24.4 Å². The summed E-state index contributed by atoms with van der Waals surface area (Å²) in [6, 6.07) is 3.97. The van der Waals surface area contributed by atoms with E-state index in [0.717, 1.165) is 9.88 Å². The van der Waals surface area contributed by atoms with E-state index < -0.39 is 0 Å². The second-order valence-corrected chi connectivity index (χ2v) is 6.93. The van der Waals surface area contributed by atoms with Crippen molar-refractivity contribution in [3.05, 3.63) is 28.6 Å². The summed E-state index contributed by atoms with van der Waals surface area (Å²) in [5, 5.41) is 12.1. The molecule has 1 aliphatic heterocycles. The highest BCUT2D eigenvalue weighted by molar-refractivity contribution is 7.21. The van der Waals surface area contributed by atoms with E-state index in [9.17, 15) is 9.90 Å². The van der Waals surface area contributed by atoms with Crippen molar-refractivity contribution in [1.82, 2.24) is 9.88 Å². The smallest absolute Gasteiger partial charge is 0.266 e. The van der Waals surface area contributed by atoms with Crippen molar-refractivity contribution < 1.29 is 14.6 Å². The summed E-state index contributed by atoms with van der Waals surface area (Å²) in [4.78, 5) is 20.4. The van der Waals surface area contributed by atoms with Crippen LogP contribution in [0.5, 0.6) is 0 Å². The third-order valence-electron chi connectivity index (χ3n) is 3.42. The molecule has 3 heterocycles. The second kappa shape index (κ2) is 6.23. The Hall–Kier alpha value is -1.28. The highest BCUT2D eigenvalue weighted by Crippen LogP contribution is 2.30. The third kappa shape index (κ3) is 3.01. The molecule has 0 radical (unpaired) electrons. The van der Waals surface area contributed by atoms with Crippen LogP contribution in [0.3, 0.4) is 0 Å². The minimum Gasteiger partial charge on any atom is -0.394 e. The largest absolute Gasteiger partial charge is 0.394 e. The Morgan fingerprint density at radius 1 is 1.62 bits per heavy atom. The predicted molar refractivity (Wildman–Crippen MR) is 82.8 cm³/mol. The van der Waals surface area contributed by atoms with Crippen molar-refractivity contribution in [2.45, 2.75) is 19.1 Å². The zero-order valence-corrected chi connectivity index (χ0v) is 13.2. The fourth-order valence-corrected chi connectivity index (χ4v) is 3.92. The molecule has 2 aromatic rings. The molecule has 1 fully saturated rings. The molecule has 3 rings (SSSR count). The fourth-order valence-electron chi connectivity index (χ4n) is 2.24. The minimum absolute atomic E-state index is 0.00703. The van der Waals surface area contributed by atoms with Crippen molar-refractivity contribution in [3.8, 4) is 9.88 Å². The second-order valence-electron chi connectivity index (χ2n) is 4.95.